The maximum atomic E-state index is 11.6. The Bertz CT molecular complexity index is 570. The van der Waals surface area contributed by atoms with Crippen LogP contribution >= 0.6 is 0 Å². The van der Waals surface area contributed by atoms with Gasteiger partial charge in [-0.25, -0.2) is 0 Å². The predicted octanol–water partition coefficient (Wildman–Crippen LogP) is 2.54. The Labute approximate surface area is 92.1 Å². The number of nitrogens with zero attached hydrogens (tertiary/aromatic N) is 2. The van der Waals surface area contributed by atoms with Crippen LogP contribution in [0.15, 0.2) is 52.6 Å². The standard InChI is InChI=1S/C12H10N2O2/c1-9-2-7-12(15)14(8-9)11-5-3-10(13-16)4-6-11/h2-8H,1H3. The number of rotatable bonds is 2. The van der Waals surface area contributed by atoms with E-state index in [9.17, 15) is 9.70 Å². The molecule has 2 aromatic rings. The third kappa shape index (κ3) is 1.91. The Kier molecular flexibility index (Phi) is 2.64. The van der Waals surface area contributed by atoms with Gasteiger partial charge in [0.25, 0.3) is 5.56 Å². The van der Waals surface area contributed by atoms with Crippen molar-refractivity contribution in [3.05, 3.63) is 63.4 Å². The first-order valence-electron chi connectivity index (χ1n) is 4.84. The molecule has 2 rings (SSSR count). The van der Waals surface area contributed by atoms with Crippen LogP contribution in [0, 0.1) is 11.8 Å². The highest BCUT2D eigenvalue weighted by atomic mass is 16.3. The van der Waals surface area contributed by atoms with Crippen molar-refractivity contribution in [2.75, 3.05) is 0 Å². The van der Waals surface area contributed by atoms with E-state index in [1.807, 2.05) is 6.92 Å². The second-order valence-corrected chi connectivity index (χ2v) is 3.52. The zero-order valence-electron chi connectivity index (χ0n) is 8.75. The quantitative estimate of drug-likeness (QED) is 0.721. The maximum Gasteiger partial charge on any atom is 0.255 e. The molecule has 0 fully saturated rings. The zero-order chi connectivity index (χ0) is 11.5. The van der Waals surface area contributed by atoms with E-state index in [0.717, 1.165) is 11.3 Å². The number of aromatic nitrogens is 1. The van der Waals surface area contributed by atoms with E-state index in [1.165, 1.54) is 10.6 Å². The minimum atomic E-state index is -0.0996. The van der Waals surface area contributed by atoms with E-state index in [2.05, 4.69) is 5.18 Å². The fourth-order valence-electron chi connectivity index (χ4n) is 1.47. The highest BCUT2D eigenvalue weighted by molar-refractivity contribution is 5.44. The highest BCUT2D eigenvalue weighted by Gasteiger charge is 1.99. The molecule has 0 aliphatic rings. The summed E-state index contributed by atoms with van der Waals surface area (Å²) in [6.07, 6.45) is 1.76. The molecule has 0 unspecified atom stereocenters. The van der Waals surface area contributed by atoms with Crippen LogP contribution in [-0.4, -0.2) is 4.57 Å². The van der Waals surface area contributed by atoms with E-state index in [1.54, 1.807) is 36.5 Å². The Morgan fingerprint density at radius 3 is 2.38 bits per heavy atom. The van der Waals surface area contributed by atoms with Crippen molar-refractivity contribution >= 4 is 5.69 Å². The minimum absolute atomic E-state index is 0.0996. The van der Waals surface area contributed by atoms with Gasteiger partial charge < -0.3 is 0 Å². The third-order valence-corrected chi connectivity index (χ3v) is 2.29. The lowest BCUT2D eigenvalue weighted by Gasteiger charge is -2.05. The topological polar surface area (TPSA) is 51.4 Å². The third-order valence-electron chi connectivity index (χ3n) is 2.29. The number of nitroso groups, excluding NO2 is 1. The lowest BCUT2D eigenvalue weighted by molar-refractivity contribution is 0.976. The largest absolute Gasteiger partial charge is 0.284 e. The predicted molar refractivity (Wildman–Crippen MR) is 62.2 cm³/mol. The van der Waals surface area contributed by atoms with E-state index in [-0.39, 0.29) is 5.56 Å². The number of benzene rings is 1. The van der Waals surface area contributed by atoms with Crippen molar-refractivity contribution in [2.24, 2.45) is 5.18 Å². The summed E-state index contributed by atoms with van der Waals surface area (Å²) in [6.45, 7) is 1.91. The summed E-state index contributed by atoms with van der Waals surface area (Å²) in [7, 11) is 0. The summed E-state index contributed by atoms with van der Waals surface area (Å²) in [5.41, 5.74) is 1.97. The van der Waals surface area contributed by atoms with E-state index >= 15 is 0 Å². The Hall–Kier alpha value is -2.23. The number of aryl methyl sites for hydroxylation is 1. The molecule has 0 N–H and O–H groups in total. The van der Waals surface area contributed by atoms with Crippen LogP contribution in [0.25, 0.3) is 5.69 Å². The van der Waals surface area contributed by atoms with Crippen molar-refractivity contribution in [3.8, 4) is 5.69 Å². The van der Waals surface area contributed by atoms with Crippen molar-refractivity contribution in [3.63, 3.8) is 0 Å². The van der Waals surface area contributed by atoms with Crippen molar-refractivity contribution in [1.82, 2.24) is 4.57 Å². The summed E-state index contributed by atoms with van der Waals surface area (Å²) in [5.74, 6) is 0. The van der Waals surface area contributed by atoms with E-state index in [4.69, 9.17) is 0 Å². The molecular weight excluding hydrogens is 204 g/mol. The summed E-state index contributed by atoms with van der Waals surface area (Å²) in [6, 6.07) is 9.82. The van der Waals surface area contributed by atoms with Gasteiger partial charge in [-0.2, -0.15) is 0 Å². The van der Waals surface area contributed by atoms with Crippen molar-refractivity contribution in [1.29, 1.82) is 0 Å². The molecule has 0 saturated heterocycles. The van der Waals surface area contributed by atoms with Gasteiger partial charge in [-0.05, 0) is 41.9 Å². The number of hydrogen-bond donors (Lipinski definition) is 0. The minimum Gasteiger partial charge on any atom is -0.284 e. The first-order valence-corrected chi connectivity index (χ1v) is 4.84. The normalized spacial score (nSPS) is 10.1. The van der Waals surface area contributed by atoms with Gasteiger partial charge >= 0.3 is 0 Å². The number of hydrogen-bond acceptors (Lipinski definition) is 3. The summed E-state index contributed by atoms with van der Waals surface area (Å²) in [4.78, 5) is 21.9. The molecule has 0 amide bonds. The summed E-state index contributed by atoms with van der Waals surface area (Å²) < 4.78 is 1.53. The van der Waals surface area contributed by atoms with Crippen LogP contribution in [0.5, 0.6) is 0 Å². The molecule has 0 aliphatic heterocycles. The Balaban J connectivity index is 2.54. The van der Waals surface area contributed by atoms with Gasteiger partial charge in [0.1, 0.15) is 5.69 Å². The van der Waals surface area contributed by atoms with Crippen molar-refractivity contribution < 1.29 is 0 Å². The lowest BCUT2D eigenvalue weighted by Crippen LogP contribution is -2.16. The molecule has 4 heteroatoms. The van der Waals surface area contributed by atoms with E-state index in [0.29, 0.717) is 5.69 Å². The molecule has 0 radical (unpaired) electrons. The molecule has 16 heavy (non-hydrogen) atoms. The van der Waals surface area contributed by atoms with E-state index < -0.39 is 0 Å². The molecule has 1 aromatic heterocycles. The maximum absolute atomic E-state index is 11.6. The molecular formula is C12H10N2O2. The first-order chi connectivity index (χ1) is 7.70. The van der Waals surface area contributed by atoms with Crippen LogP contribution in [0.3, 0.4) is 0 Å². The lowest BCUT2D eigenvalue weighted by atomic mass is 10.2. The average molecular weight is 214 g/mol. The van der Waals surface area contributed by atoms with Gasteiger partial charge in [-0.3, -0.25) is 9.36 Å². The van der Waals surface area contributed by atoms with Crippen LogP contribution < -0.4 is 5.56 Å². The van der Waals surface area contributed by atoms with Crippen LogP contribution in [0.4, 0.5) is 5.69 Å². The van der Waals surface area contributed by atoms with Gasteiger partial charge in [-0.1, -0.05) is 6.07 Å². The molecule has 0 atom stereocenters. The molecule has 4 nitrogen and oxygen atoms in total. The molecule has 0 spiro atoms. The second-order valence-electron chi connectivity index (χ2n) is 3.52. The Morgan fingerprint density at radius 2 is 1.75 bits per heavy atom. The highest BCUT2D eigenvalue weighted by Crippen LogP contribution is 2.14. The molecule has 0 aliphatic carbocycles. The smallest absolute Gasteiger partial charge is 0.255 e. The van der Waals surface area contributed by atoms with Gasteiger partial charge in [0.05, 0.1) is 0 Å². The summed E-state index contributed by atoms with van der Waals surface area (Å²) in [5, 5.41) is 2.81. The van der Waals surface area contributed by atoms with Gasteiger partial charge in [0, 0.05) is 18.0 Å². The Morgan fingerprint density at radius 1 is 1.06 bits per heavy atom. The fraction of sp³-hybridized carbons (Fsp3) is 0.0833. The SMILES string of the molecule is Cc1ccc(=O)n(-c2ccc(N=O)cc2)c1. The molecule has 80 valence electrons. The second kappa shape index (κ2) is 4.10. The van der Waals surface area contributed by atoms with Crippen LogP contribution in [0.1, 0.15) is 5.56 Å². The average Bonchev–Trinajstić information content (AvgIpc) is 2.32. The van der Waals surface area contributed by atoms with Gasteiger partial charge in [0.15, 0.2) is 0 Å². The van der Waals surface area contributed by atoms with Crippen LogP contribution in [0.2, 0.25) is 0 Å². The fourth-order valence-corrected chi connectivity index (χ4v) is 1.47. The molecule has 0 bridgehead atoms. The molecule has 1 heterocycles. The zero-order valence-corrected chi connectivity index (χ0v) is 8.75. The molecule has 0 saturated carbocycles. The van der Waals surface area contributed by atoms with Crippen LogP contribution in [-0.2, 0) is 0 Å². The monoisotopic (exact) mass is 214 g/mol. The first kappa shape index (κ1) is 10.3. The molecule has 1 aromatic carbocycles. The van der Waals surface area contributed by atoms with Gasteiger partial charge in [0.2, 0.25) is 0 Å². The van der Waals surface area contributed by atoms with Gasteiger partial charge in [-0.15, -0.1) is 4.91 Å². The summed E-state index contributed by atoms with van der Waals surface area (Å²) >= 11 is 0. The van der Waals surface area contributed by atoms with Crippen molar-refractivity contribution in [2.45, 2.75) is 6.92 Å². The number of pyridine rings is 1.